The fraction of sp³-hybridized carbons (Fsp3) is 0.533. The maximum absolute atomic E-state index is 11.3. The summed E-state index contributed by atoms with van der Waals surface area (Å²) >= 11 is 0. The zero-order chi connectivity index (χ0) is 14.5. The van der Waals surface area contributed by atoms with Gasteiger partial charge in [0, 0.05) is 6.42 Å². The molecule has 0 heterocycles. The molecule has 1 aromatic carbocycles. The smallest absolute Gasteiger partial charge is 0.237 e. The Kier molecular flexibility index (Phi) is 5.36. The predicted molar refractivity (Wildman–Crippen MR) is 77.3 cm³/mol. The van der Waals surface area contributed by atoms with Gasteiger partial charge in [0.2, 0.25) is 5.91 Å². The van der Waals surface area contributed by atoms with Gasteiger partial charge in [0.15, 0.2) is 0 Å². The fourth-order valence-electron chi connectivity index (χ4n) is 1.69. The van der Waals surface area contributed by atoms with E-state index in [2.05, 4.69) is 31.3 Å². The van der Waals surface area contributed by atoms with E-state index in [0.29, 0.717) is 18.9 Å². The second-order valence-corrected chi connectivity index (χ2v) is 5.27. The lowest BCUT2D eigenvalue weighted by Gasteiger charge is -2.25. The average molecular weight is 264 g/mol. The fourth-order valence-corrected chi connectivity index (χ4v) is 1.69. The molecule has 0 aliphatic rings. The Morgan fingerprint density at radius 1 is 1.37 bits per heavy atom. The first-order valence-corrected chi connectivity index (χ1v) is 6.60. The standard InChI is InChI=1S/C15H24N2O2/c1-11(2)12-5-7-13(8-6-12)19-10-9-15(3,17-4)14(16)18/h5-8,11,17H,9-10H2,1-4H3,(H2,16,18). The van der Waals surface area contributed by atoms with Gasteiger partial charge in [-0.2, -0.15) is 0 Å². The summed E-state index contributed by atoms with van der Waals surface area (Å²) in [7, 11) is 1.72. The van der Waals surface area contributed by atoms with Gasteiger partial charge in [-0.15, -0.1) is 0 Å². The van der Waals surface area contributed by atoms with Crippen molar-refractivity contribution < 1.29 is 9.53 Å². The topological polar surface area (TPSA) is 64.3 Å². The van der Waals surface area contributed by atoms with Gasteiger partial charge in [0.1, 0.15) is 5.75 Å². The molecule has 4 nitrogen and oxygen atoms in total. The van der Waals surface area contributed by atoms with Crippen molar-refractivity contribution in [2.45, 2.75) is 38.6 Å². The number of benzene rings is 1. The Hall–Kier alpha value is -1.55. The number of rotatable bonds is 7. The van der Waals surface area contributed by atoms with Crippen LogP contribution in [0, 0.1) is 0 Å². The highest BCUT2D eigenvalue weighted by Gasteiger charge is 2.28. The largest absolute Gasteiger partial charge is 0.494 e. The number of nitrogens with one attached hydrogen (secondary N) is 1. The second-order valence-electron chi connectivity index (χ2n) is 5.27. The number of ether oxygens (including phenoxy) is 1. The number of hydrogen-bond donors (Lipinski definition) is 2. The van der Waals surface area contributed by atoms with Crippen LogP contribution in [0.25, 0.3) is 0 Å². The lowest BCUT2D eigenvalue weighted by molar-refractivity contribution is -0.124. The van der Waals surface area contributed by atoms with Crippen molar-refractivity contribution in [1.82, 2.24) is 5.32 Å². The van der Waals surface area contributed by atoms with Crippen LogP contribution in [0.3, 0.4) is 0 Å². The normalized spacial score (nSPS) is 14.2. The highest BCUT2D eigenvalue weighted by molar-refractivity contribution is 5.84. The van der Waals surface area contributed by atoms with Gasteiger partial charge in [0.25, 0.3) is 0 Å². The molecule has 4 heteroatoms. The monoisotopic (exact) mass is 264 g/mol. The zero-order valence-electron chi connectivity index (χ0n) is 12.2. The molecule has 19 heavy (non-hydrogen) atoms. The van der Waals surface area contributed by atoms with Crippen molar-refractivity contribution in [3.63, 3.8) is 0 Å². The van der Waals surface area contributed by atoms with Gasteiger partial charge in [-0.3, -0.25) is 4.79 Å². The Labute approximate surface area is 115 Å². The first-order valence-electron chi connectivity index (χ1n) is 6.60. The Morgan fingerprint density at radius 3 is 2.37 bits per heavy atom. The third-order valence-electron chi connectivity index (χ3n) is 3.51. The number of likely N-dealkylation sites (N-methyl/N-ethyl adjacent to an activating group) is 1. The number of primary amides is 1. The molecule has 3 N–H and O–H groups in total. The van der Waals surface area contributed by atoms with Crippen LogP contribution in [0.2, 0.25) is 0 Å². The third-order valence-corrected chi connectivity index (χ3v) is 3.51. The molecule has 0 spiro atoms. The van der Waals surface area contributed by atoms with Crippen LogP contribution in [0.15, 0.2) is 24.3 Å². The molecule has 0 fully saturated rings. The lowest BCUT2D eigenvalue weighted by Crippen LogP contribution is -2.52. The van der Waals surface area contributed by atoms with Crippen LogP contribution in [-0.2, 0) is 4.79 Å². The summed E-state index contributed by atoms with van der Waals surface area (Å²) in [5.74, 6) is 0.956. The van der Waals surface area contributed by atoms with Crippen molar-refractivity contribution in [1.29, 1.82) is 0 Å². The maximum atomic E-state index is 11.3. The van der Waals surface area contributed by atoms with Gasteiger partial charge in [-0.05, 0) is 37.6 Å². The number of carbonyl (C=O) groups excluding carboxylic acids is 1. The van der Waals surface area contributed by atoms with Crippen LogP contribution < -0.4 is 15.8 Å². The van der Waals surface area contributed by atoms with Crippen LogP contribution in [-0.4, -0.2) is 25.1 Å². The molecule has 1 unspecified atom stereocenters. The number of nitrogens with two attached hydrogens (primary N) is 1. The number of amides is 1. The summed E-state index contributed by atoms with van der Waals surface area (Å²) in [6.45, 7) is 6.53. The Morgan fingerprint density at radius 2 is 1.95 bits per heavy atom. The molecule has 0 aliphatic heterocycles. The third kappa shape index (κ3) is 4.24. The minimum atomic E-state index is -0.724. The van der Waals surface area contributed by atoms with E-state index in [0.717, 1.165) is 5.75 Å². The summed E-state index contributed by atoms with van der Waals surface area (Å²) in [6.07, 6.45) is 0.533. The van der Waals surface area contributed by atoms with Crippen LogP contribution in [0.4, 0.5) is 0 Å². The molecule has 1 aromatic rings. The van der Waals surface area contributed by atoms with E-state index >= 15 is 0 Å². The highest BCUT2D eigenvalue weighted by atomic mass is 16.5. The minimum absolute atomic E-state index is 0.367. The molecule has 0 aromatic heterocycles. The Bertz CT molecular complexity index is 415. The summed E-state index contributed by atoms with van der Waals surface area (Å²) in [5, 5.41) is 2.93. The summed E-state index contributed by atoms with van der Waals surface area (Å²) < 4.78 is 5.64. The van der Waals surface area contributed by atoms with Crippen LogP contribution in [0.1, 0.15) is 38.7 Å². The van der Waals surface area contributed by atoms with E-state index in [-0.39, 0.29) is 5.91 Å². The van der Waals surface area contributed by atoms with Crippen molar-refractivity contribution in [2.75, 3.05) is 13.7 Å². The van der Waals surface area contributed by atoms with Crippen molar-refractivity contribution in [3.8, 4) is 5.75 Å². The van der Waals surface area contributed by atoms with Gasteiger partial charge < -0.3 is 15.8 Å². The molecule has 0 radical (unpaired) electrons. The first-order chi connectivity index (χ1) is 8.89. The van der Waals surface area contributed by atoms with Crippen molar-refractivity contribution in [3.05, 3.63) is 29.8 Å². The molecule has 0 bridgehead atoms. The van der Waals surface area contributed by atoms with Crippen LogP contribution >= 0.6 is 0 Å². The summed E-state index contributed by atoms with van der Waals surface area (Å²) in [4.78, 5) is 11.3. The maximum Gasteiger partial charge on any atom is 0.237 e. The molecule has 0 aliphatic carbocycles. The van der Waals surface area contributed by atoms with Crippen molar-refractivity contribution >= 4 is 5.91 Å². The quantitative estimate of drug-likeness (QED) is 0.792. The molecule has 1 rings (SSSR count). The van der Waals surface area contributed by atoms with Gasteiger partial charge in [-0.25, -0.2) is 0 Å². The highest BCUT2D eigenvalue weighted by Crippen LogP contribution is 2.19. The van der Waals surface area contributed by atoms with E-state index in [9.17, 15) is 4.79 Å². The van der Waals surface area contributed by atoms with E-state index < -0.39 is 5.54 Å². The summed E-state index contributed by atoms with van der Waals surface area (Å²) in [6, 6.07) is 8.03. The molecule has 1 atom stereocenters. The van der Waals surface area contributed by atoms with E-state index in [1.165, 1.54) is 5.56 Å². The van der Waals surface area contributed by atoms with Crippen molar-refractivity contribution in [2.24, 2.45) is 5.73 Å². The molecular formula is C15H24N2O2. The van der Waals surface area contributed by atoms with Gasteiger partial charge in [-0.1, -0.05) is 26.0 Å². The van der Waals surface area contributed by atoms with E-state index in [1.807, 2.05) is 12.1 Å². The first kappa shape index (κ1) is 15.5. The minimum Gasteiger partial charge on any atom is -0.494 e. The average Bonchev–Trinajstić information content (AvgIpc) is 2.38. The van der Waals surface area contributed by atoms with Crippen LogP contribution in [0.5, 0.6) is 5.75 Å². The molecule has 0 saturated heterocycles. The van der Waals surface area contributed by atoms with E-state index in [4.69, 9.17) is 10.5 Å². The zero-order valence-corrected chi connectivity index (χ0v) is 12.2. The second kappa shape index (κ2) is 6.57. The predicted octanol–water partition coefficient (Wildman–Crippen LogP) is 2.04. The molecule has 1 amide bonds. The molecule has 0 saturated carbocycles. The Balaban J connectivity index is 2.51. The number of hydrogen-bond acceptors (Lipinski definition) is 3. The SMILES string of the molecule is CNC(C)(CCOc1ccc(C(C)C)cc1)C(N)=O. The van der Waals surface area contributed by atoms with Gasteiger partial charge >= 0.3 is 0 Å². The molecule has 106 valence electrons. The lowest BCUT2D eigenvalue weighted by atomic mass is 9.98. The van der Waals surface area contributed by atoms with E-state index in [1.54, 1.807) is 14.0 Å². The number of carbonyl (C=O) groups is 1. The summed E-state index contributed by atoms with van der Waals surface area (Å²) in [5.41, 5.74) is 5.91. The molecular weight excluding hydrogens is 240 g/mol. The van der Waals surface area contributed by atoms with Gasteiger partial charge in [0.05, 0.1) is 12.1 Å².